The third-order valence-corrected chi connectivity index (χ3v) is 5.68. The molecule has 1 aromatic carbocycles. The molecule has 0 N–H and O–H groups in total. The molecule has 0 spiro atoms. The molecular formula is C22H23N3O5. The van der Waals surface area contributed by atoms with E-state index < -0.39 is 29.6 Å². The summed E-state index contributed by atoms with van der Waals surface area (Å²) in [4.78, 5) is 30.2. The van der Waals surface area contributed by atoms with Gasteiger partial charge in [-0.2, -0.15) is 0 Å². The number of carbonyl (C=O) groups is 2. The van der Waals surface area contributed by atoms with Gasteiger partial charge in [0.25, 0.3) is 11.6 Å². The molecule has 0 unspecified atom stereocenters. The number of pyridine rings is 1. The summed E-state index contributed by atoms with van der Waals surface area (Å²) < 4.78 is 13.2. The average Bonchev–Trinajstić information content (AvgIpc) is 2.87. The van der Waals surface area contributed by atoms with Crippen LogP contribution in [0.4, 0.5) is 0 Å². The highest BCUT2D eigenvalue weighted by Crippen LogP contribution is 2.38. The minimum atomic E-state index is -1.35. The average molecular weight is 409 g/mol. The van der Waals surface area contributed by atoms with Crippen molar-refractivity contribution in [3.8, 4) is 0 Å². The maximum atomic E-state index is 13.1. The van der Waals surface area contributed by atoms with Crippen molar-refractivity contribution >= 4 is 22.8 Å². The van der Waals surface area contributed by atoms with Crippen LogP contribution in [0.3, 0.4) is 0 Å². The highest BCUT2D eigenvalue weighted by atomic mass is 16.7. The molecule has 1 aliphatic rings. The number of imidazole rings is 1. The van der Waals surface area contributed by atoms with Gasteiger partial charge in [0.15, 0.2) is 5.92 Å². The number of carbonyl (C=O) groups excluding carboxylic acids is 2. The van der Waals surface area contributed by atoms with Crippen LogP contribution in [0.15, 0.2) is 36.5 Å². The molecule has 1 saturated heterocycles. The Morgan fingerprint density at radius 3 is 2.43 bits per heavy atom. The van der Waals surface area contributed by atoms with Gasteiger partial charge in [0.2, 0.25) is 0 Å². The van der Waals surface area contributed by atoms with Crippen LogP contribution in [0.25, 0.3) is 10.9 Å². The van der Waals surface area contributed by atoms with E-state index in [-0.39, 0.29) is 5.82 Å². The summed E-state index contributed by atoms with van der Waals surface area (Å²) in [7, 11) is 1.74. The number of esters is 2. The number of cyclic esters (lactones) is 2. The van der Waals surface area contributed by atoms with Gasteiger partial charge in [-0.25, -0.2) is 9.30 Å². The van der Waals surface area contributed by atoms with Gasteiger partial charge in [0.05, 0.1) is 12.6 Å². The quantitative estimate of drug-likeness (QED) is 0.285. The summed E-state index contributed by atoms with van der Waals surface area (Å²) in [6.45, 7) is 6.52. The number of rotatable bonds is 3. The van der Waals surface area contributed by atoms with Crippen LogP contribution in [-0.2, 0) is 26.1 Å². The fraction of sp³-hybridized carbons (Fsp3) is 0.364. The number of ether oxygens (including phenoxy) is 2. The molecule has 0 amide bonds. The van der Waals surface area contributed by atoms with Crippen molar-refractivity contribution in [2.75, 3.05) is 0 Å². The van der Waals surface area contributed by atoms with Crippen LogP contribution in [0.1, 0.15) is 42.5 Å². The van der Waals surface area contributed by atoms with Crippen molar-refractivity contribution in [2.24, 2.45) is 13.0 Å². The van der Waals surface area contributed by atoms with E-state index in [4.69, 9.17) is 9.47 Å². The number of aromatic nitrogens is 3. The summed E-state index contributed by atoms with van der Waals surface area (Å²) in [5.41, 5.74) is 2.63. The lowest BCUT2D eigenvalue weighted by Crippen LogP contribution is -2.50. The zero-order chi connectivity index (χ0) is 21.8. The van der Waals surface area contributed by atoms with Crippen LogP contribution in [0, 0.1) is 25.0 Å². The second kappa shape index (κ2) is 6.83. The van der Waals surface area contributed by atoms with Crippen molar-refractivity contribution < 1.29 is 23.8 Å². The number of nitrogens with zero attached hydrogens (tertiary/aromatic N) is 3. The van der Waals surface area contributed by atoms with E-state index in [2.05, 4.69) is 4.98 Å². The van der Waals surface area contributed by atoms with E-state index in [1.807, 2.05) is 19.1 Å². The van der Waals surface area contributed by atoms with Crippen molar-refractivity contribution in [2.45, 2.75) is 39.4 Å². The molecule has 8 heteroatoms. The summed E-state index contributed by atoms with van der Waals surface area (Å²) in [6.07, 6.45) is 1.69. The van der Waals surface area contributed by atoms with Gasteiger partial charge < -0.3 is 14.7 Å². The predicted octanol–water partition coefficient (Wildman–Crippen LogP) is 2.41. The topological polar surface area (TPSA) is 97.4 Å². The van der Waals surface area contributed by atoms with E-state index >= 15 is 0 Å². The molecule has 156 valence electrons. The Balaban J connectivity index is 1.95. The monoisotopic (exact) mass is 409 g/mol. The maximum absolute atomic E-state index is 13.1. The Kier molecular flexibility index (Phi) is 4.52. The standard InChI is InChI=1S/C22H23N3O5/c1-12-13(2)25(28)19(24(12)5)17(18-20(26)29-22(3,4)30-21(18)27)15-8-9-16-14(11-15)7-6-10-23-16/h6-11,17-18H,1-5H3/t17-/m1/s1. The largest absolute Gasteiger partial charge is 0.711 e. The number of hydrogen-bond donors (Lipinski definition) is 0. The lowest BCUT2D eigenvalue weighted by atomic mass is 9.83. The molecule has 0 saturated carbocycles. The Morgan fingerprint density at radius 2 is 1.83 bits per heavy atom. The predicted molar refractivity (Wildman–Crippen MR) is 107 cm³/mol. The zero-order valence-corrected chi connectivity index (χ0v) is 17.5. The molecule has 8 nitrogen and oxygen atoms in total. The molecule has 1 atom stereocenters. The van der Waals surface area contributed by atoms with Crippen molar-refractivity contribution in [1.29, 1.82) is 0 Å². The van der Waals surface area contributed by atoms with E-state index in [0.717, 1.165) is 21.3 Å². The molecule has 0 aliphatic carbocycles. The molecule has 0 radical (unpaired) electrons. The van der Waals surface area contributed by atoms with Gasteiger partial charge in [0, 0.05) is 39.3 Å². The first-order valence-corrected chi connectivity index (χ1v) is 9.66. The molecule has 1 aliphatic heterocycles. The Bertz CT molecular complexity index is 1140. The third kappa shape index (κ3) is 3.08. The number of hydrogen-bond acceptors (Lipinski definition) is 6. The first-order chi connectivity index (χ1) is 14.1. The van der Waals surface area contributed by atoms with E-state index in [9.17, 15) is 14.8 Å². The van der Waals surface area contributed by atoms with Gasteiger partial charge in [-0.15, -0.1) is 0 Å². The zero-order valence-electron chi connectivity index (χ0n) is 17.5. The minimum Gasteiger partial charge on any atom is -0.711 e. The molecular weight excluding hydrogens is 386 g/mol. The van der Waals surface area contributed by atoms with Gasteiger partial charge in [-0.05, 0) is 23.8 Å². The van der Waals surface area contributed by atoms with E-state index in [1.165, 1.54) is 13.8 Å². The Hall–Kier alpha value is -3.42. The van der Waals surface area contributed by atoms with Crippen LogP contribution in [-0.4, -0.2) is 27.3 Å². The summed E-state index contributed by atoms with van der Waals surface area (Å²) >= 11 is 0. The van der Waals surface area contributed by atoms with Crippen molar-refractivity contribution in [1.82, 2.24) is 9.55 Å². The third-order valence-electron chi connectivity index (χ3n) is 5.68. The van der Waals surface area contributed by atoms with Crippen LogP contribution in [0.5, 0.6) is 0 Å². The lowest BCUT2D eigenvalue weighted by molar-refractivity contribution is -0.621. The van der Waals surface area contributed by atoms with E-state index in [0.29, 0.717) is 11.3 Å². The second-order valence-electron chi connectivity index (χ2n) is 8.04. The van der Waals surface area contributed by atoms with Crippen molar-refractivity contribution in [3.05, 3.63) is 64.5 Å². The molecule has 1 fully saturated rings. The fourth-order valence-corrected chi connectivity index (χ4v) is 3.98. The summed E-state index contributed by atoms with van der Waals surface area (Å²) in [5, 5.41) is 13.9. The van der Waals surface area contributed by atoms with Gasteiger partial charge in [-0.1, -0.05) is 12.1 Å². The normalized spacial score (nSPS) is 17.6. The highest BCUT2D eigenvalue weighted by molar-refractivity contribution is 5.98. The summed E-state index contributed by atoms with van der Waals surface area (Å²) in [6, 6.07) is 9.11. The minimum absolute atomic E-state index is 0.270. The molecule has 2 aromatic heterocycles. The van der Waals surface area contributed by atoms with Crippen molar-refractivity contribution in [3.63, 3.8) is 0 Å². The van der Waals surface area contributed by atoms with Gasteiger partial charge in [0.1, 0.15) is 17.3 Å². The smallest absolute Gasteiger partial charge is 0.324 e. The van der Waals surface area contributed by atoms with Crippen LogP contribution in [0.2, 0.25) is 0 Å². The maximum Gasteiger partial charge on any atom is 0.324 e. The fourth-order valence-electron chi connectivity index (χ4n) is 3.98. The SMILES string of the molecule is Cc1c(C)[n+]([O-])c([C@H](c2ccc3ncccc3c2)C2C(=O)OC(C)(C)OC2=O)n1C. The Morgan fingerprint density at radius 1 is 1.17 bits per heavy atom. The molecule has 3 aromatic rings. The molecule has 30 heavy (non-hydrogen) atoms. The van der Waals surface area contributed by atoms with Gasteiger partial charge >= 0.3 is 11.9 Å². The van der Waals surface area contributed by atoms with Gasteiger partial charge in [-0.3, -0.25) is 14.6 Å². The van der Waals surface area contributed by atoms with Crippen LogP contribution >= 0.6 is 0 Å². The molecule has 0 bridgehead atoms. The molecule has 3 heterocycles. The first kappa shape index (κ1) is 19.9. The van der Waals surface area contributed by atoms with E-state index in [1.54, 1.807) is 42.9 Å². The van der Waals surface area contributed by atoms with Crippen LogP contribution < -0.4 is 4.73 Å². The number of fused-ring (bicyclic) bond motifs is 1. The Labute approximate surface area is 173 Å². The highest BCUT2D eigenvalue weighted by Gasteiger charge is 2.51. The lowest BCUT2D eigenvalue weighted by Gasteiger charge is -2.35. The molecule has 4 rings (SSSR count). The number of benzene rings is 1. The second-order valence-corrected chi connectivity index (χ2v) is 8.04. The first-order valence-electron chi connectivity index (χ1n) is 9.66. The summed E-state index contributed by atoms with van der Waals surface area (Å²) in [5.74, 6) is -4.71.